The molecule has 0 radical (unpaired) electrons. The van der Waals surface area contributed by atoms with Gasteiger partial charge in [-0.1, -0.05) is 18.5 Å². The van der Waals surface area contributed by atoms with Crippen molar-refractivity contribution in [3.05, 3.63) is 16.8 Å². The van der Waals surface area contributed by atoms with Gasteiger partial charge in [-0.15, -0.1) is 10.2 Å². The summed E-state index contributed by atoms with van der Waals surface area (Å²) in [6, 6.07) is 2.57. The summed E-state index contributed by atoms with van der Waals surface area (Å²) < 4.78 is 0. The number of fused-ring (bicyclic) bond motifs is 1. The first-order valence-electron chi connectivity index (χ1n) is 7.29. The molecule has 0 saturated carbocycles. The van der Waals surface area contributed by atoms with E-state index in [0.29, 0.717) is 11.2 Å². The number of likely N-dealkylation sites (N-methyl/N-ethyl adjacent to an activating group) is 1. The van der Waals surface area contributed by atoms with Crippen molar-refractivity contribution in [3.63, 3.8) is 0 Å². The summed E-state index contributed by atoms with van der Waals surface area (Å²) in [6.07, 6.45) is 4.81. The minimum absolute atomic E-state index is 0.513. The van der Waals surface area contributed by atoms with Gasteiger partial charge >= 0.3 is 0 Å². The van der Waals surface area contributed by atoms with Crippen LogP contribution in [0.25, 0.3) is 0 Å². The highest BCUT2D eigenvalue weighted by atomic mass is 35.5. The van der Waals surface area contributed by atoms with Crippen LogP contribution in [0.3, 0.4) is 0 Å². The normalized spacial score (nSPS) is 24.3. The van der Waals surface area contributed by atoms with E-state index in [4.69, 9.17) is 11.6 Å². The number of halogens is 1. The van der Waals surface area contributed by atoms with E-state index < -0.39 is 0 Å². The molecular weight excluding hydrogens is 260 g/mol. The molecule has 0 bridgehead atoms. The van der Waals surface area contributed by atoms with E-state index in [1.807, 2.05) is 6.07 Å². The molecule has 0 aliphatic carbocycles. The van der Waals surface area contributed by atoms with Crippen LogP contribution in [0.1, 0.15) is 31.7 Å². The van der Waals surface area contributed by atoms with E-state index in [1.165, 1.54) is 31.4 Å². The molecule has 3 heterocycles. The molecule has 3 rings (SSSR count). The summed E-state index contributed by atoms with van der Waals surface area (Å²) in [7, 11) is 0. The highest BCUT2D eigenvalue weighted by Gasteiger charge is 2.29. The SMILES string of the molecule is CCN1CCCC(N2CCCc3cc(Cl)nnc32)C1. The Hall–Kier alpha value is -0.870. The van der Waals surface area contributed by atoms with Crippen LogP contribution in [0, 0.1) is 0 Å². The Kier molecular flexibility index (Phi) is 3.89. The van der Waals surface area contributed by atoms with Crippen LogP contribution >= 0.6 is 11.6 Å². The first-order chi connectivity index (χ1) is 9.28. The van der Waals surface area contributed by atoms with Gasteiger partial charge in [-0.3, -0.25) is 0 Å². The number of aromatic nitrogens is 2. The van der Waals surface area contributed by atoms with Crippen molar-refractivity contribution in [1.29, 1.82) is 0 Å². The molecule has 19 heavy (non-hydrogen) atoms. The molecule has 1 aromatic rings. The lowest BCUT2D eigenvalue weighted by molar-refractivity contribution is 0.211. The molecule has 0 spiro atoms. The number of piperidine rings is 1. The fraction of sp³-hybridized carbons (Fsp3) is 0.714. The molecule has 0 aromatic carbocycles. The maximum atomic E-state index is 5.96. The number of aryl methyl sites for hydroxylation is 1. The summed E-state index contributed by atoms with van der Waals surface area (Å²) in [4.78, 5) is 5.00. The Morgan fingerprint density at radius 1 is 1.32 bits per heavy atom. The molecule has 0 amide bonds. The van der Waals surface area contributed by atoms with Crippen molar-refractivity contribution >= 4 is 17.4 Å². The molecule has 1 saturated heterocycles. The predicted molar refractivity (Wildman–Crippen MR) is 77.8 cm³/mol. The molecule has 1 fully saturated rings. The van der Waals surface area contributed by atoms with E-state index in [1.54, 1.807) is 0 Å². The van der Waals surface area contributed by atoms with Crippen molar-refractivity contribution in [2.75, 3.05) is 31.1 Å². The van der Waals surface area contributed by atoms with Crippen LogP contribution in [0.5, 0.6) is 0 Å². The van der Waals surface area contributed by atoms with Crippen molar-refractivity contribution in [2.45, 2.75) is 38.6 Å². The van der Waals surface area contributed by atoms with E-state index in [-0.39, 0.29) is 0 Å². The molecule has 2 aliphatic heterocycles. The summed E-state index contributed by atoms with van der Waals surface area (Å²) in [6.45, 7) is 6.88. The highest BCUT2D eigenvalue weighted by molar-refractivity contribution is 6.29. The van der Waals surface area contributed by atoms with E-state index in [0.717, 1.165) is 31.9 Å². The van der Waals surface area contributed by atoms with Crippen LogP contribution in [-0.4, -0.2) is 47.3 Å². The molecule has 1 atom stereocenters. The maximum absolute atomic E-state index is 5.96. The van der Waals surface area contributed by atoms with Gasteiger partial charge in [0, 0.05) is 19.1 Å². The summed E-state index contributed by atoms with van der Waals surface area (Å²) >= 11 is 5.96. The molecule has 2 aliphatic rings. The summed E-state index contributed by atoms with van der Waals surface area (Å²) in [5, 5.41) is 8.90. The van der Waals surface area contributed by atoms with Gasteiger partial charge in [0.1, 0.15) is 0 Å². The maximum Gasteiger partial charge on any atom is 0.154 e. The van der Waals surface area contributed by atoms with Crippen LogP contribution in [-0.2, 0) is 6.42 Å². The molecule has 1 aromatic heterocycles. The van der Waals surface area contributed by atoms with Gasteiger partial charge in [0.2, 0.25) is 0 Å². The number of anilines is 1. The zero-order valence-corrected chi connectivity index (χ0v) is 12.2. The van der Waals surface area contributed by atoms with Gasteiger partial charge in [0.15, 0.2) is 11.0 Å². The summed E-state index contributed by atoms with van der Waals surface area (Å²) in [5.41, 5.74) is 1.26. The second-order valence-corrected chi connectivity index (χ2v) is 5.89. The van der Waals surface area contributed by atoms with Gasteiger partial charge in [0.05, 0.1) is 0 Å². The molecule has 1 unspecified atom stereocenters. The van der Waals surface area contributed by atoms with Crippen molar-refractivity contribution < 1.29 is 0 Å². The average molecular weight is 281 g/mol. The van der Waals surface area contributed by atoms with Crippen molar-refractivity contribution in [1.82, 2.24) is 15.1 Å². The number of rotatable bonds is 2. The number of hydrogen-bond donors (Lipinski definition) is 0. The minimum atomic E-state index is 0.513. The van der Waals surface area contributed by atoms with Gasteiger partial charge in [0.25, 0.3) is 0 Å². The first kappa shape index (κ1) is 13.1. The van der Waals surface area contributed by atoms with Gasteiger partial charge < -0.3 is 9.80 Å². The average Bonchev–Trinajstić information content (AvgIpc) is 2.46. The Labute approximate surface area is 119 Å². The molecule has 4 nitrogen and oxygen atoms in total. The number of hydrogen-bond acceptors (Lipinski definition) is 4. The van der Waals surface area contributed by atoms with Crippen LogP contribution < -0.4 is 4.90 Å². The Balaban J connectivity index is 1.83. The zero-order chi connectivity index (χ0) is 13.2. The lowest BCUT2D eigenvalue weighted by Crippen LogP contribution is -2.50. The third kappa shape index (κ3) is 2.70. The molecule has 0 N–H and O–H groups in total. The fourth-order valence-corrected chi connectivity index (χ4v) is 3.47. The fourth-order valence-electron chi connectivity index (χ4n) is 3.30. The number of likely N-dealkylation sites (tertiary alicyclic amines) is 1. The van der Waals surface area contributed by atoms with Crippen molar-refractivity contribution in [3.8, 4) is 0 Å². The second kappa shape index (κ2) is 5.63. The Morgan fingerprint density at radius 2 is 2.21 bits per heavy atom. The van der Waals surface area contributed by atoms with Crippen LogP contribution in [0.2, 0.25) is 5.15 Å². The lowest BCUT2D eigenvalue weighted by Gasteiger charge is -2.41. The lowest BCUT2D eigenvalue weighted by atomic mass is 9.99. The predicted octanol–water partition coefficient (Wildman–Crippen LogP) is 2.37. The van der Waals surface area contributed by atoms with Crippen molar-refractivity contribution in [2.24, 2.45) is 0 Å². The number of nitrogens with zero attached hydrogens (tertiary/aromatic N) is 4. The van der Waals surface area contributed by atoms with Gasteiger partial charge in [-0.2, -0.15) is 0 Å². The molecule has 5 heteroatoms. The van der Waals surface area contributed by atoms with E-state index in [2.05, 4.69) is 26.9 Å². The third-order valence-corrected chi connectivity index (χ3v) is 4.49. The molecule has 104 valence electrons. The quantitative estimate of drug-likeness (QED) is 0.833. The zero-order valence-electron chi connectivity index (χ0n) is 11.5. The topological polar surface area (TPSA) is 32.3 Å². The molecular formula is C14H21ClN4. The highest BCUT2D eigenvalue weighted by Crippen LogP contribution is 2.30. The largest absolute Gasteiger partial charge is 0.351 e. The van der Waals surface area contributed by atoms with E-state index >= 15 is 0 Å². The smallest absolute Gasteiger partial charge is 0.154 e. The van der Waals surface area contributed by atoms with Crippen LogP contribution in [0.4, 0.5) is 5.82 Å². The Bertz CT molecular complexity index is 451. The standard InChI is InChI=1S/C14H21ClN4/c1-2-18-7-4-6-12(10-18)19-8-3-5-11-9-13(15)16-17-14(11)19/h9,12H,2-8,10H2,1H3. The van der Waals surface area contributed by atoms with E-state index in [9.17, 15) is 0 Å². The van der Waals surface area contributed by atoms with Gasteiger partial charge in [-0.25, -0.2) is 0 Å². The summed E-state index contributed by atoms with van der Waals surface area (Å²) in [5.74, 6) is 1.07. The third-order valence-electron chi connectivity index (χ3n) is 4.31. The Morgan fingerprint density at radius 3 is 3.05 bits per heavy atom. The van der Waals surface area contributed by atoms with Gasteiger partial charge in [-0.05, 0) is 50.4 Å². The second-order valence-electron chi connectivity index (χ2n) is 5.50. The monoisotopic (exact) mass is 280 g/mol. The van der Waals surface area contributed by atoms with Crippen LogP contribution in [0.15, 0.2) is 6.07 Å². The minimum Gasteiger partial charge on any atom is -0.351 e. The first-order valence-corrected chi connectivity index (χ1v) is 7.67.